The first-order valence-corrected chi connectivity index (χ1v) is 15.3. The van der Waals surface area contributed by atoms with E-state index in [1.54, 1.807) is 43.3 Å². The molecule has 6 nitrogen and oxygen atoms in total. The monoisotopic (exact) mass is 568 g/mol. The summed E-state index contributed by atoms with van der Waals surface area (Å²) in [5.74, 6) is -0.741. The maximum absolute atomic E-state index is 13.2. The molecule has 0 bridgehead atoms. The number of rotatable bonds is 10. The summed E-state index contributed by atoms with van der Waals surface area (Å²) in [5, 5.41) is 0.661. The van der Waals surface area contributed by atoms with Gasteiger partial charge in [0.2, 0.25) is 0 Å². The van der Waals surface area contributed by atoms with E-state index in [0.717, 1.165) is 6.26 Å². The molecule has 36 heavy (non-hydrogen) atoms. The Hall–Kier alpha value is -2.23. The number of methoxy groups -OCH3 is 1. The molecule has 0 aliphatic rings. The predicted octanol–water partition coefficient (Wildman–Crippen LogP) is 5.40. The van der Waals surface area contributed by atoms with Crippen LogP contribution in [0.4, 0.5) is 0 Å². The van der Waals surface area contributed by atoms with Crippen LogP contribution < -0.4 is 0 Å². The van der Waals surface area contributed by atoms with Crippen LogP contribution in [-0.4, -0.2) is 48.3 Å². The van der Waals surface area contributed by atoms with Crippen molar-refractivity contribution in [2.24, 2.45) is 0 Å². The van der Waals surface area contributed by atoms with E-state index >= 15 is 0 Å². The lowest BCUT2D eigenvalue weighted by Crippen LogP contribution is -2.20. The molecule has 0 aliphatic heterocycles. The number of hydrogen-bond donors (Lipinski definition) is 0. The number of ketones is 1. The largest absolute Gasteiger partial charge is 0.384 e. The zero-order chi connectivity index (χ0) is 26.7. The lowest BCUT2D eigenvalue weighted by atomic mass is 9.91. The molecule has 0 saturated heterocycles. The van der Waals surface area contributed by atoms with Crippen molar-refractivity contribution in [3.8, 4) is 11.1 Å². The molecule has 0 aromatic heterocycles. The molecule has 10 heteroatoms. The third-order valence-corrected chi connectivity index (χ3v) is 9.27. The highest BCUT2D eigenvalue weighted by Crippen LogP contribution is 2.37. The summed E-state index contributed by atoms with van der Waals surface area (Å²) >= 11 is 13.1. The quantitative estimate of drug-likeness (QED) is 0.325. The molecule has 0 aliphatic carbocycles. The third-order valence-electron chi connectivity index (χ3n) is 5.80. The van der Waals surface area contributed by atoms with Crippen molar-refractivity contribution in [3.63, 3.8) is 0 Å². The first kappa shape index (κ1) is 28.3. The van der Waals surface area contributed by atoms with Gasteiger partial charge in [0, 0.05) is 25.3 Å². The second kappa shape index (κ2) is 11.4. The van der Waals surface area contributed by atoms with E-state index in [0.29, 0.717) is 32.3 Å². The van der Waals surface area contributed by atoms with Crippen LogP contribution in [0, 0.1) is 0 Å². The maximum Gasteiger partial charge on any atom is 0.178 e. The van der Waals surface area contributed by atoms with Crippen LogP contribution in [0.15, 0.2) is 70.5 Å². The molecule has 0 fully saturated rings. The number of benzene rings is 3. The van der Waals surface area contributed by atoms with Crippen molar-refractivity contribution in [3.05, 3.63) is 81.8 Å². The van der Waals surface area contributed by atoms with Crippen LogP contribution in [0.25, 0.3) is 11.1 Å². The molecule has 0 heterocycles. The molecule has 0 amide bonds. The van der Waals surface area contributed by atoms with Gasteiger partial charge in [0.1, 0.15) is 5.78 Å². The molecule has 0 N–H and O–H groups in total. The first-order chi connectivity index (χ1) is 16.9. The third kappa shape index (κ3) is 6.55. The van der Waals surface area contributed by atoms with Gasteiger partial charge in [-0.25, -0.2) is 16.8 Å². The summed E-state index contributed by atoms with van der Waals surface area (Å²) in [4.78, 5) is 13.6. The Kier molecular flexibility index (Phi) is 9.01. The van der Waals surface area contributed by atoms with Crippen LogP contribution in [-0.2, 0) is 35.6 Å². The molecule has 3 aromatic carbocycles. The van der Waals surface area contributed by atoms with Crippen LogP contribution >= 0.6 is 23.2 Å². The highest BCUT2D eigenvalue weighted by atomic mass is 35.5. The minimum atomic E-state index is -3.35. The molecule has 3 aromatic rings. The van der Waals surface area contributed by atoms with Gasteiger partial charge in [0.15, 0.2) is 19.7 Å². The normalized spacial score (nSPS) is 12.9. The first-order valence-electron chi connectivity index (χ1n) is 11.0. The molecule has 0 spiro atoms. The molecule has 3 rings (SSSR count). The summed E-state index contributed by atoms with van der Waals surface area (Å²) < 4.78 is 52.9. The lowest BCUT2D eigenvalue weighted by Gasteiger charge is -2.17. The fraction of sp³-hybridized carbons (Fsp3) is 0.269. The summed E-state index contributed by atoms with van der Waals surface area (Å²) in [6.07, 6.45) is 1.16. The Morgan fingerprint density at radius 3 is 1.89 bits per heavy atom. The average Bonchev–Trinajstić information content (AvgIpc) is 2.82. The topological polar surface area (TPSA) is 94.6 Å². The lowest BCUT2D eigenvalue weighted by molar-refractivity contribution is -0.121. The Morgan fingerprint density at radius 1 is 0.889 bits per heavy atom. The highest BCUT2D eigenvalue weighted by molar-refractivity contribution is 7.91. The number of hydrogen-bond acceptors (Lipinski definition) is 6. The van der Waals surface area contributed by atoms with Crippen molar-refractivity contribution in [2.75, 3.05) is 25.7 Å². The van der Waals surface area contributed by atoms with Crippen molar-refractivity contribution < 1.29 is 26.4 Å². The number of halogens is 2. The van der Waals surface area contributed by atoms with E-state index in [9.17, 15) is 21.6 Å². The fourth-order valence-electron chi connectivity index (χ4n) is 3.81. The van der Waals surface area contributed by atoms with Gasteiger partial charge < -0.3 is 4.74 Å². The second-order valence-corrected chi connectivity index (χ2v) is 13.5. The smallest absolute Gasteiger partial charge is 0.178 e. The van der Waals surface area contributed by atoms with E-state index in [4.69, 9.17) is 27.9 Å². The summed E-state index contributed by atoms with van der Waals surface area (Å²) in [7, 11) is -5.19. The van der Waals surface area contributed by atoms with Crippen molar-refractivity contribution in [2.45, 2.75) is 29.1 Å². The van der Waals surface area contributed by atoms with Gasteiger partial charge in [-0.1, -0.05) is 54.4 Å². The van der Waals surface area contributed by atoms with Crippen LogP contribution in [0.3, 0.4) is 0 Å². The van der Waals surface area contributed by atoms with Gasteiger partial charge in [-0.2, -0.15) is 0 Å². The number of carbonyl (C=O) groups excluding carboxylic acids is 1. The maximum atomic E-state index is 13.2. The highest BCUT2D eigenvalue weighted by Gasteiger charge is 2.23. The molecule has 0 radical (unpaired) electrons. The predicted molar refractivity (Wildman–Crippen MR) is 143 cm³/mol. The molecular formula is C26H26Cl2O6S2. The Labute approximate surface area is 222 Å². The van der Waals surface area contributed by atoms with E-state index in [-0.39, 0.29) is 34.4 Å². The molecule has 192 valence electrons. The minimum absolute atomic E-state index is 0.00248. The van der Waals surface area contributed by atoms with Crippen LogP contribution in [0.5, 0.6) is 0 Å². The van der Waals surface area contributed by atoms with Gasteiger partial charge in [0.25, 0.3) is 0 Å². The van der Waals surface area contributed by atoms with Crippen molar-refractivity contribution in [1.82, 2.24) is 0 Å². The number of ether oxygens (including phenoxy) is 1. The van der Waals surface area contributed by atoms with Gasteiger partial charge in [0.05, 0.1) is 38.1 Å². The zero-order valence-corrected chi connectivity index (χ0v) is 23.1. The number of Topliss-reactive ketones (excluding diaryl/α,β-unsaturated/α-hetero) is 1. The number of sulfone groups is 2. The Balaban J connectivity index is 1.86. The summed E-state index contributed by atoms with van der Waals surface area (Å²) in [6, 6.07) is 15.8. The van der Waals surface area contributed by atoms with Gasteiger partial charge in [-0.15, -0.1) is 0 Å². The molecule has 1 atom stereocenters. The second-order valence-electron chi connectivity index (χ2n) is 8.35. The van der Waals surface area contributed by atoms with E-state index in [1.165, 1.54) is 31.4 Å². The fourth-order valence-corrected chi connectivity index (χ4v) is 6.08. The summed E-state index contributed by atoms with van der Waals surface area (Å²) in [6.45, 7) is 1.71. The van der Waals surface area contributed by atoms with E-state index < -0.39 is 25.6 Å². The average molecular weight is 570 g/mol. The van der Waals surface area contributed by atoms with Crippen LogP contribution in [0.1, 0.15) is 24.0 Å². The molecule has 1 unspecified atom stereocenters. The molecular weight excluding hydrogens is 543 g/mol. The van der Waals surface area contributed by atoms with Crippen molar-refractivity contribution in [1.29, 1.82) is 0 Å². The van der Waals surface area contributed by atoms with Crippen LogP contribution in [0.2, 0.25) is 10.0 Å². The van der Waals surface area contributed by atoms with E-state index in [1.807, 2.05) is 0 Å². The van der Waals surface area contributed by atoms with Crippen molar-refractivity contribution >= 4 is 48.7 Å². The minimum Gasteiger partial charge on any atom is -0.384 e. The SMILES string of the molecule is CCS(=O)(=O)c1ccc(-c2c(Cl)cc(CC(=O)C(COC)c3ccc(S(C)(=O)=O)cc3)cc2Cl)cc1. The molecule has 0 saturated carbocycles. The Bertz CT molecular complexity index is 1440. The zero-order valence-electron chi connectivity index (χ0n) is 20.0. The Morgan fingerprint density at radius 2 is 1.42 bits per heavy atom. The summed E-state index contributed by atoms with van der Waals surface area (Å²) in [5.41, 5.74) is 2.45. The van der Waals surface area contributed by atoms with E-state index in [2.05, 4.69) is 0 Å². The standard InChI is InChI=1S/C26H26Cl2O6S2/c1-4-36(32,33)21-11-7-19(8-12-21)26-23(27)13-17(14-24(26)28)15-25(29)22(16-34-2)18-5-9-20(10-6-18)35(3,30)31/h5-14,22H,4,15-16H2,1-3H3. The number of carbonyl (C=O) groups is 1. The van der Waals surface area contributed by atoms with Gasteiger partial charge in [-0.05, 0) is 53.1 Å². The van der Waals surface area contributed by atoms with Gasteiger partial charge >= 0.3 is 0 Å². The van der Waals surface area contributed by atoms with Gasteiger partial charge in [-0.3, -0.25) is 4.79 Å².